The molecule has 2 aromatic heterocycles. The number of carbonyl (C=O) groups excluding carboxylic acids is 1. The zero-order valence-corrected chi connectivity index (χ0v) is 14.7. The molecule has 6 heteroatoms. The molecule has 0 bridgehead atoms. The van der Waals surface area contributed by atoms with Crippen LogP contribution in [0.2, 0.25) is 0 Å². The number of hydrogen-bond acceptors (Lipinski definition) is 5. The molecule has 1 saturated heterocycles. The number of nitrogens with zero attached hydrogens (tertiary/aromatic N) is 3. The van der Waals surface area contributed by atoms with Gasteiger partial charge in [-0.2, -0.15) is 0 Å². The van der Waals surface area contributed by atoms with Crippen LogP contribution in [-0.2, 0) is 0 Å². The van der Waals surface area contributed by atoms with Gasteiger partial charge in [-0.05, 0) is 37.1 Å². The summed E-state index contributed by atoms with van der Waals surface area (Å²) in [6.07, 6.45) is 2.23. The molecular weight excluding hydrogens is 340 g/mol. The van der Waals surface area contributed by atoms with Crippen molar-refractivity contribution in [3.05, 3.63) is 60.4 Å². The molecule has 0 saturated carbocycles. The minimum atomic E-state index is -0.323. The zero-order valence-electron chi connectivity index (χ0n) is 14.7. The Hall–Kier alpha value is -3.41. The van der Waals surface area contributed by atoms with Gasteiger partial charge in [0, 0.05) is 18.5 Å². The number of rotatable bonds is 3. The number of carbonyl (C=O) groups is 1. The third kappa shape index (κ3) is 2.89. The van der Waals surface area contributed by atoms with E-state index in [-0.39, 0.29) is 11.7 Å². The Morgan fingerprint density at radius 2 is 1.67 bits per heavy atom. The van der Waals surface area contributed by atoms with Crippen molar-refractivity contribution in [3.63, 3.8) is 0 Å². The molecule has 1 N–H and O–H groups in total. The van der Waals surface area contributed by atoms with Crippen LogP contribution in [0, 0.1) is 0 Å². The Bertz CT molecular complexity index is 1110. The summed E-state index contributed by atoms with van der Waals surface area (Å²) >= 11 is 0. The lowest BCUT2D eigenvalue weighted by Crippen LogP contribution is -2.23. The summed E-state index contributed by atoms with van der Waals surface area (Å²) in [5.74, 6) is 1.13. The van der Waals surface area contributed by atoms with Gasteiger partial charge in [0.25, 0.3) is 5.91 Å². The van der Waals surface area contributed by atoms with Crippen molar-refractivity contribution in [2.75, 3.05) is 23.3 Å². The van der Waals surface area contributed by atoms with Gasteiger partial charge in [-0.25, -0.2) is 9.97 Å². The number of anilines is 2. The number of amides is 1. The molecule has 1 aliphatic heterocycles. The Morgan fingerprint density at radius 3 is 2.44 bits per heavy atom. The lowest BCUT2D eigenvalue weighted by atomic mass is 10.2. The van der Waals surface area contributed by atoms with Crippen LogP contribution >= 0.6 is 0 Å². The molecule has 6 nitrogen and oxygen atoms in total. The summed E-state index contributed by atoms with van der Waals surface area (Å²) in [7, 11) is 0. The first-order valence-corrected chi connectivity index (χ1v) is 9.09. The fourth-order valence-corrected chi connectivity index (χ4v) is 3.49. The van der Waals surface area contributed by atoms with Crippen molar-refractivity contribution in [3.8, 4) is 0 Å². The molecule has 0 unspecified atom stereocenters. The molecule has 0 atom stereocenters. The van der Waals surface area contributed by atoms with Gasteiger partial charge in [-0.15, -0.1) is 0 Å². The van der Waals surface area contributed by atoms with E-state index in [9.17, 15) is 4.79 Å². The molecule has 2 aromatic carbocycles. The van der Waals surface area contributed by atoms with E-state index in [2.05, 4.69) is 15.2 Å². The highest BCUT2D eigenvalue weighted by molar-refractivity contribution is 6.05. The lowest BCUT2D eigenvalue weighted by molar-refractivity contribution is 0.0998. The first kappa shape index (κ1) is 15.8. The van der Waals surface area contributed by atoms with E-state index in [4.69, 9.17) is 9.40 Å². The Balaban J connectivity index is 1.54. The molecule has 4 aromatic rings. The van der Waals surface area contributed by atoms with Crippen LogP contribution in [-0.4, -0.2) is 29.0 Å². The fraction of sp³-hybridized carbons (Fsp3) is 0.190. The van der Waals surface area contributed by atoms with E-state index in [0.29, 0.717) is 11.4 Å². The number of fused-ring (bicyclic) bond motifs is 2. The summed E-state index contributed by atoms with van der Waals surface area (Å²) < 4.78 is 5.68. The predicted molar refractivity (Wildman–Crippen MR) is 105 cm³/mol. The second-order valence-electron chi connectivity index (χ2n) is 6.68. The summed E-state index contributed by atoms with van der Waals surface area (Å²) in [5.41, 5.74) is 2.26. The Morgan fingerprint density at radius 1 is 0.963 bits per heavy atom. The molecule has 1 aliphatic rings. The highest BCUT2D eigenvalue weighted by Gasteiger charge is 2.22. The molecule has 134 valence electrons. The van der Waals surface area contributed by atoms with E-state index in [1.165, 1.54) is 0 Å². The largest absolute Gasteiger partial charge is 0.451 e. The van der Waals surface area contributed by atoms with Crippen molar-refractivity contribution < 1.29 is 9.21 Å². The molecule has 1 fully saturated rings. The molecule has 0 radical (unpaired) electrons. The molecule has 27 heavy (non-hydrogen) atoms. The first-order valence-electron chi connectivity index (χ1n) is 9.09. The molecule has 1 amide bonds. The van der Waals surface area contributed by atoms with Gasteiger partial charge in [-0.1, -0.05) is 30.3 Å². The Kier molecular flexibility index (Phi) is 3.74. The maximum Gasteiger partial charge on any atom is 0.292 e. The number of aromatic nitrogens is 2. The third-order valence-corrected chi connectivity index (χ3v) is 4.84. The molecule has 0 spiro atoms. The second kappa shape index (κ2) is 6.39. The standard InChI is InChI=1S/C21H18N4O2/c26-21(18-13-14-7-1-4-10-17(14)27-18)24-19-20(25-11-5-6-12-25)23-16-9-3-2-8-15(16)22-19/h1-4,7-10,13H,5-6,11-12H2,(H,22,24,26). The number of furan rings is 1. The summed E-state index contributed by atoms with van der Waals surface area (Å²) in [4.78, 5) is 24.4. The normalized spacial score (nSPS) is 14.1. The topological polar surface area (TPSA) is 71.3 Å². The van der Waals surface area contributed by atoms with Gasteiger partial charge in [0.15, 0.2) is 17.4 Å². The van der Waals surface area contributed by atoms with Crippen LogP contribution in [0.3, 0.4) is 0 Å². The maximum absolute atomic E-state index is 12.8. The molecule has 3 heterocycles. The van der Waals surface area contributed by atoms with Crippen molar-refractivity contribution in [2.45, 2.75) is 12.8 Å². The quantitative estimate of drug-likeness (QED) is 0.593. The number of benzene rings is 2. The number of para-hydroxylation sites is 3. The van der Waals surface area contributed by atoms with E-state index >= 15 is 0 Å². The van der Waals surface area contributed by atoms with Gasteiger partial charge >= 0.3 is 0 Å². The van der Waals surface area contributed by atoms with E-state index in [1.807, 2.05) is 48.5 Å². The second-order valence-corrected chi connectivity index (χ2v) is 6.68. The van der Waals surface area contributed by atoms with Crippen molar-refractivity contribution >= 4 is 39.5 Å². The van der Waals surface area contributed by atoms with Crippen LogP contribution < -0.4 is 10.2 Å². The number of hydrogen-bond donors (Lipinski definition) is 1. The summed E-state index contributed by atoms with van der Waals surface area (Å²) in [6, 6.07) is 17.0. The monoisotopic (exact) mass is 358 g/mol. The maximum atomic E-state index is 12.8. The SMILES string of the molecule is O=C(Nc1nc2ccccc2nc1N1CCCC1)c1cc2ccccc2o1. The summed E-state index contributed by atoms with van der Waals surface area (Å²) in [6.45, 7) is 1.83. The van der Waals surface area contributed by atoms with Gasteiger partial charge in [0.1, 0.15) is 5.58 Å². The number of nitrogens with one attached hydrogen (secondary N) is 1. The minimum absolute atomic E-state index is 0.263. The first-order chi connectivity index (χ1) is 13.3. The third-order valence-electron chi connectivity index (χ3n) is 4.84. The van der Waals surface area contributed by atoms with Crippen molar-refractivity contribution in [1.29, 1.82) is 0 Å². The minimum Gasteiger partial charge on any atom is -0.451 e. The van der Waals surface area contributed by atoms with Crippen LogP contribution in [0.25, 0.3) is 22.0 Å². The van der Waals surface area contributed by atoms with Crippen LogP contribution in [0.1, 0.15) is 23.4 Å². The van der Waals surface area contributed by atoms with Crippen molar-refractivity contribution in [1.82, 2.24) is 9.97 Å². The van der Waals surface area contributed by atoms with Gasteiger partial charge in [0.05, 0.1) is 11.0 Å². The zero-order chi connectivity index (χ0) is 18.2. The van der Waals surface area contributed by atoms with Gasteiger partial charge < -0.3 is 14.6 Å². The highest BCUT2D eigenvalue weighted by Crippen LogP contribution is 2.28. The molecule has 5 rings (SSSR count). The Labute approximate surface area is 155 Å². The lowest BCUT2D eigenvalue weighted by Gasteiger charge is -2.19. The smallest absolute Gasteiger partial charge is 0.292 e. The van der Waals surface area contributed by atoms with Gasteiger partial charge in [-0.3, -0.25) is 4.79 Å². The van der Waals surface area contributed by atoms with Crippen LogP contribution in [0.15, 0.2) is 59.0 Å². The average molecular weight is 358 g/mol. The van der Waals surface area contributed by atoms with E-state index in [1.54, 1.807) is 6.07 Å². The highest BCUT2D eigenvalue weighted by atomic mass is 16.3. The predicted octanol–water partition coefficient (Wildman–Crippen LogP) is 4.23. The molecular formula is C21H18N4O2. The van der Waals surface area contributed by atoms with Crippen LogP contribution in [0.4, 0.5) is 11.6 Å². The molecule has 0 aliphatic carbocycles. The van der Waals surface area contributed by atoms with E-state index in [0.717, 1.165) is 48.2 Å². The van der Waals surface area contributed by atoms with Crippen molar-refractivity contribution in [2.24, 2.45) is 0 Å². The average Bonchev–Trinajstić information content (AvgIpc) is 3.37. The van der Waals surface area contributed by atoms with Gasteiger partial charge in [0.2, 0.25) is 0 Å². The van der Waals surface area contributed by atoms with Crippen LogP contribution in [0.5, 0.6) is 0 Å². The summed E-state index contributed by atoms with van der Waals surface area (Å²) in [5, 5.41) is 3.80. The van der Waals surface area contributed by atoms with E-state index < -0.39 is 0 Å². The fourth-order valence-electron chi connectivity index (χ4n) is 3.49.